The number of nitrogens with zero attached hydrogens (tertiary/aromatic N) is 2. The highest BCUT2D eigenvalue weighted by atomic mass is 16.5. The molecule has 27 heteroatoms. The molecule has 0 saturated carbocycles. The summed E-state index contributed by atoms with van der Waals surface area (Å²) in [7, 11) is 0. The smallest absolute Gasteiger partial charge is 0.335 e. The van der Waals surface area contributed by atoms with Crippen molar-refractivity contribution in [2.45, 2.75) is 204 Å². The van der Waals surface area contributed by atoms with Crippen LogP contribution in [0.3, 0.4) is 0 Å². The molecule has 9 amide bonds. The number of nitrogens with one attached hydrogen (secondary N) is 7. The van der Waals surface area contributed by atoms with E-state index in [4.69, 9.17) is 16.2 Å². The van der Waals surface area contributed by atoms with Crippen LogP contribution in [0.1, 0.15) is 156 Å². The number of cyclic esters (lactones) is 1. The predicted molar refractivity (Wildman–Crippen MR) is 278 cm³/mol. The van der Waals surface area contributed by atoms with E-state index in [2.05, 4.69) is 50.7 Å². The number of esters is 1. The van der Waals surface area contributed by atoms with Gasteiger partial charge >= 0.3 is 18.0 Å². The zero-order valence-electron chi connectivity index (χ0n) is 45.1. The lowest BCUT2D eigenvalue weighted by Gasteiger charge is -2.34. The summed E-state index contributed by atoms with van der Waals surface area (Å²) in [5.74, 6) is -12.1. The van der Waals surface area contributed by atoms with Gasteiger partial charge in [-0.3, -0.25) is 49.0 Å². The standard InChI is InChI=1S/C50H89N11O16/c1-5-7-8-9-10-11-12-13-14-15-16-17-26-39(64)54-34(24-20-29-60(75)6-2)42-32(3)43(66)59-40(41(65)48(71)72)47(70)58-38(31-62)46(69)56-35(22-18-27-51)44(67)55-36(23-19-28-53-50(52)74)45(68)57-37(49(73)77-42)25-21-30-61(76)33(4)63/h6,32,34-38,40-42,62,65,75-76H,2,5,7-31,51H2,1,3-4H3,(H,54,64)(H,55,67)(H,56,69)(H,57,68)(H,58,70)(H,59,66)(H,71,72)(H3,52,53,74). The van der Waals surface area contributed by atoms with E-state index in [0.717, 1.165) is 50.3 Å². The Morgan fingerprint density at radius 3 is 1.75 bits per heavy atom. The molecule has 77 heavy (non-hydrogen) atoms. The zero-order valence-corrected chi connectivity index (χ0v) is 45.1. The van der Waals surface area contributed by atoms with Crippen LogP contribution in [-0.4, -0.2) is 176 Å². The summed E-state index contributed by atoms with van der Waals surface area (Å²) < 4.78 is 6.09. The summed E-state index contributed by atoms with van der Waals surface area (Å²) in [5, 5.41) is 69.2. The molecule has 1 rings (SSSR count). The van der Waals surface area contributed by atoms with Gasteiger partial charge in [-0.2, -0.15) is 0 Å². The van der Waals surface area contributed by atoms with Crippen LogP contribution < -0.4 is 48.7 Å². The molecule has 0 spiro atoms. The largest absolute Gasteiger partial charge is 0.479 e. The summed E-state index contributed by atoms with van der Waals surface area (Å²) in [6, 6.07) is -11.3. The molecule has 9 unspecified atom stereocenters. The fourth-order valence-electron chi connectivity index (χ4n) is 8.40. The molecule has 0 aromatic carbocycles. The van der Waals surface area contributed by atoms with E-state index in [1.165, 1.54) is 39.0 Å². The Morgan fingerprint density at radius 2 is 1.23 bits per heavy atom. The number of ether oxygens (including phenoxy) is 1. The molecule has 0 radical (unpaired) electrons. The topological polar surface area (TPSA) is 424 Å². The van der Waals surface area contributed by atoms with Gasteiger partial charge in [-0.25, -0.2) is 19.4 Å². The van der Waals surface area contributed by atoms with Crippen molar-refractivity contribution in [1.82, 2.24) is 47.3 Å². The number of hydrogen-bond donors (Lipinski definition) is 14. The molecule has 16 N–H and O–H groups in total. The zero-order chi connectivity index (χ0) is 57.9. The molecule has 0 aliphatic carbocycles. The second-order valence-electron chi connectivity index (χ2n) is 19.3. The highest BCUT2D eigenvalue weighted by molar-refractivity contribution is 5.98. The normalized spacial score (nSPS) is 21.7. The van der Waals surface area contributed by atoms with E-state index in [9.17, 15) is 73.7 Å². The third-order valence-corrected chi connectivity index (χ3v) is 13.0. The number of carbonyl (C=O) groups is 10. The molecule has 1 saturated heterocycles. The molecular weight excluding hydrogens is 1010 g/mol. The number of hydrogen-bond acceptors (Lipinski definition) is 17. The molecule has 1 aliphatic heterocycles. The number of unbranched alkanes of at least 4 members (excludes halogenated alkanes) is 11. The second kappa shape index (κ2) is 39.2. The van der Waals surface area contributed by atoms with Gasteiger partial charge in [0.2, 0.25) is 41.4 Å². The Hall–Kier alpha value is -6.16. The average Bonchev–Trinajstić information content (AvgIpc) is 3.38. The quantitative estimate of drug-likeness (QED) is 0.0172. The lowest BCUT2D eigenvalue weighted by atomic mass is 9.92. The molecule has 440 valence electrons. The van der Waals surface area contributed by atoms with Crippen LogP contribution in [0.15, 0.2) is 12.8 Å². The third kappa shape index (κ3) is 28.2. The van der Waals surface area contributed by atoms with Crippen LogP contribution in [0.2, 0.25) is 0 Å². The maximum Gasteiger partial charge on any atom is 0.335 e. The summed E-state index contributed by atoms with van der Waals surface area (Å²) in [4.78, 5) is 134. The van der Waals surface area contributed by atoms with Gasteiger partial charge in [0.25, 0.3) is 0 Å². The molecular formula is C50H89N11O16. The SMILES string of the molecule is C=CN(O)CCCC(NC(=O)CCCCCCCCCCCCCC)C1OC(=O)C(CCCN(O)C(C)=O)NC(=O)C(CCCNC(N)=O)NC(=O)C(CCCN)NC(=O)C(CO)NC(=O)C(C(O)C(=O)O)NC(=O)C1C. The Balaban J connectivity index is 3.98. The number of hydroxylamine groups is 4. The van der Waals surface area contributed by atoms with E-state index < -0.39 is 120 Å². The van der Waals surface area contributed by atoms with Crippen molar-refractivity contribution in [2.24, 2.45) is 17.4 Å². The number of carbonyl (C=O) groups excluding carboxylic acids is 9. The summed E-state index contributed by atoms with van der Waals surface area (Å²) in [6.45, 7) is 6.28. The first kappa shape index (κ1) is 68.9. The third-order valence-electron chi connectivity index (χ3n) is 13.0. The highest BCUT2D eigenvalue weighted by Crippen LogP contribution is 2.21. The maximum atomic E-state index is 14.7. The van der Waals surface area contributed by atoms with Crippen molar-refractivity contribution in [3.63, 3.8) is 0 Å². The van der Waals surface area contributed by atoms with Gasteiger partial charge in [0.1, 0.15) is 36.3 Å². The minimum absolute atomic E-state index is 0.00223. The van der Waals surface area contributed by atoms with Crippen molar-refractivity contribution in [3.05, 3.63) is 12.8 Å². The van der Waals surface area contributed by atoms with Crippen LogP contribution >= 0.6 is 0 Å². The Bertz CT molecular complexity index is 1880. The number of urea groups is 1. The van der Waals surface area contributed by atoms with Crippen molar-refractivity contribution in [2.75, 3.05) is 32.8 Å². The van der Waals surface area contributed by atoms with E-state index >= 15 is 0 Å². The summed E-state index contributed by atoms with van der Waals surface area (Å²) in [6.07, 6.45) is 8.21. The Kier molecular flexibility index (Phi) is 35.1. The van der Waals surface area contributed by atoms with Gasteiger partial charge in [-0.05, 0) is 71.3 Å². The Morgan fingerprint density at radius 1 is 0.714 bits per heavy atom. The maximum absolute atomic E-state index is 14.7. The number of nitrogens with two attached hydrogens (primary N) is 2. The van der Waals surface area contributed by atoms with Gasteiger partial charge in [0.05, 0.1) is 18.6 Å². The van der Waals surface area contributed by atoms with Crippen LogP contribution in [0.4, 0.5) is 4.79 Å². The molecule has 9 atom stereocenters. The van der Waals surface area contributed by atoms with E-state index in [-0.39, 0.29) is 84.0 Å². The minimum atomic E-state index is -2.69. The molecule has 0 bridgehead atoms. The molecule has 27 nitrogen and oxygen atoms in total. The fraction of sp³-hybridized carbons (Fsp3) is 0.760. The van der Waals surface area contributed by atoms with Crippen molar-refractivity contribution >= 4 is 59.3 Å². The summed E-state index contributed by atoms with van der Waals surface area (Å²) in [5.41, 5.74) is 10.9. The number of primary amides is 1. The van der Waals surface area contributed by atoms with Gasteiger partial charge in [-0.1, -0.05) is 84.1 Å². The predicted octanol–water partition coefficient (Wildman–Crippen LogP) is -0.194. The van der Waals surface area contributed by atoms with E-state index in [0.29, 0.717) is 17.9 Å². The lowest BCUT2D eigenvalue weighted by molar-refractivity contribution is -0.164. The van der Waals surface area contributed by atoms with E-state index in [1.807, 2.05) is 0 Å². The van der Waals surface area contributed by atoms with Crippen LogP contribution in [-0.2, 0) is 47.9 Å². The average molecular weight is 1100 g/mol. The minimum Gasteiger partial charge on any atom is -0.479 e. The number of carboxylic acids is 1. The second-order valence-corrected chi connectivity index (χ2v) is 19.3. The number of aliphatic hydroxyl groups excluding tert-OH is 2. The van der Waals surface area contributed by atoms with E-state index in [1.54, 1.807) is 0 Å². The van der Waals surface area contributed by atoms with Crippen LogP contribution in [0.5, 0.6) is 0 Å². The molecule has 0 aromatic heterocycles. The summed E-state index contributed by atoms with van der Waals surface area (Å²) >= 11 is 0. The first-order chi connectivity index (χ1) is 36.6. The van der Waals surface area contributed by atoms with Crippen molar-refractivity contribution in [1.29, 1.82) is 0 Å². The van der Waals surface area contributed by atoms with Gasteiger partial charge in [-0.15, -0.1) is 0 Å². The van der Waals surface area contributed by atoms with Gasteiger partial charge in [0, 0.05) is 39.2 Å². The number of carboxylic acid groups (broad SMARTS) is 1. The lowest BCUT2D eigenvalue weighted by Crippen LogP contribution is -2.62. The number of rotatable bonds is 34. The number of aliphatic hydroxyl groups is 2. The highest BCUT2D eigenvalue weighted by Gasteiger charge is 2.42. The number of aliphatic carboxylic acids is 1. The van der Waals surface area contributed by atoms with Crippen LogP contribution in [0.25, 0.3) is 0 Å². The first-order valence-electron chi connectivity index (χ1n) is 26.9. The van der Waals surface area contributed by atoms with Gasteiger partial charge < -0.3 is 68.7 Å². The molecule has 1 aliphatic rings. The van der Waals surface area contributed by atoms with Gasteiger partial charge in [0.15, 0.2) is 6.10 Å². The monoisotopic (exact) mass is 1100 g/mol. The fourth-order valence-corrected chi connectivity index (χ4v) is 8.40. The van der Waals surface area contributed by atoms with Crippen molar-refractivity contribution in [3.8, 4) is 0 Å². The molecule has 1 heterocycles. The first-order valence-corrected chi connectivity index (χ1v) is 26.9. The number of amides is 9. The van der Waals surface area contributed by atoms with Crippen LogP contribution in [0, 0.1) is 5.92 Å². The molecule has 0 aromatic rings. The van der Waals surface area contributed by atoms with Crippen molar-refractivity contribution < 1.29 is 78.4 Å². The molecule has 1 fully saturated rings. The Labute approximate surface area is 451 Å².